The van der Waals surface area contributed by atoms with Crippen LogP contribution in [0.5, 0.6) is 17.2 Å². The van der Waals surface area contributed by atoms with Gasteiger partial charge in [-0.15, -0.1) is 0 Å². The van der Waals surface area contributed by atoms with E-state index in [2.05, 4.69) is 30.6 Å². The Labute approximate surface area is 389 Å². The monoisotopic (exact) mass is 919 g/mol. The van der Waals surface area contributed by atoms with Gasteiger partial charge in [0.25, 0.3) is 0 Å². The topological polar surface area (TPSA) is 201 Å². The van der Waals surface area contributed by atoms with Gasteiger partial charge in [-0.1, -0.05) is 41.5 Å². The van der Waals surface area contributed by atoms with Gasteiger partial charge in [-0.05, 0) is 105 Å². The van der Waals surface area contributed by atoms with E-state index in [9.17, 15) is 25.2 Å². The van der Waals surface area contributed by atoms with Crippen LogP contribution in [0.15, 0.2) is 70.3 Å². The summed E-state index contributed by atoms with van der Waals surface area (Å²) >= 11 is 0. The first-order valence-electron chi connectivity index (χ1n) is 23.4. The van der Waals surface area contributed by atoms with Gasteiger partial charge in [-0.3, -0.25) is 4.79 Å². The van der Waals surface area contributed by atoms with Crippen LogP contribution in [0, 0.1) is 17.8 Å². The Kier molecular flexibility index (Phi) is 10.9. The molecular weight excluding hydrogens is 859 g/mol. The third kappa shape index (κ3) is 6.59. The maximum absolute atomic E-state index is 15.9. The van der Waals surface area contributed by atoms with Crippen LogP contribution < -0.4 is 14.2 Å². The number of nitrogens with zero attached hydrogens (tertiary/aromatic N) is 3. The molecule has 3 aliphatic carbocycles. The number of hydrogen-bond acceptors (Lipinski definition) is 14. The number of imidazole rings is 1. The lowest BCUT2D eigenvalue weighted by Gasteiger charge is -2.64. The molecule has 8 aliphatic rings. The van der Waals surface area contributed by atoms with Crippen molar-refractivity contribution in [2.45, 2.75) is 147 Å². The molecule has 356 valence electrons. The minimum atomic E-state index is -1.75. The number of aliphatic hydroxyl groups is 4. The quantitative estimate of drug-likeness (QED) is 0.0946. The van der Waals surface area contributed by atoms with Crippen molar-refractivity contribution in [2.24, 2.45) is 22.7 Å². The number of benzene rings is 2. The molecule has 3 saturated carbocycles. The van der Waals surface area contributed by atoms with Gasteiger partial charge in [0, 0.05) is 29.4 Å². The fraction of sp³-hybridized carbons (Fsp3) is 0.538. The lowest BCUT2D eigenvalue weighted by Crippen LogP contribution is -2.79. The van der Waals surface area contributed by atoms with Crippen molar-refractivity contribution in [2.75, 3.05) is 13.7 Å². The zero-order chi connectivity index (χ0) is 47.7. The van der Waals surface area contributed by atoms with Crippen molar-refractivity contribution in [1.29, 1.82) is 0 Å². The van der Waals surface area contributed by atoms with Crippen LogP contribution in [0.3, 0.4) is 0 Å². The summed E-state index contributed by atoms with van der Waals surface area (Å²) in [6, 6.07) is 7.20. The molecule has 15 heteroatoms. The number of methoxy groups -OCH3 is 1. The zero-order valence-corrected chi connectivity index (χ0v) is 39.5. The third-order valence-electron chi connectivity index (χ3n) is 15.4. The van der Waals surface area contributed by atoms with Gasteiger partial charge < -0.3 is 53.4 Å². The van der Waals surface area contributed by atoms with Crippen LogP contribution in [0.1, 0.15) is 104 Å². The number of ketones is 1. The van der Waals surface area contributed by atoms with Gasteiger partial charge in [-0.2, -0.15) is 0 Å². The minimum Gasteiger partial charge on any atom is -0.482 e. The number of rotatable bonds is 11. The molecular formula is C52H61N3O12. The van der Waals surface area contributed by atoms with Crippen LogP contribution in [-0.4, -0.2) is 114 Å². The molecule has 7 unspecified atom stereocenters. The van der Waals surface area contributed by atoms with Crippen molar-refractivity contribution >= 4 is 40.5 Å². The fourth-order valence-electron chi connectivity index (χ4n) is 12.3. The maximum Gasteiger partial charge on any atom is 0.333 e. The lowest BCUT2D eigenvalue weighted by molar-refractivity contribution is -0.277. The highest BCUT2D eigenvalue weighted by atomic mass is 16.7. The van der Waals surface area contributed by atoms with Gasteiger partial charge in [0.05, 0.1) is 59.1 Å². The zero-order valence-electron chi connectivity index (χ0n) is 39.5. The molecule has 6 heterocycles. The van der Waals surface area contributed by atoms with Crippen LogP contribution in [0.4, 0.5) is 5.95 Å². The van der Waals surface area contributed by atoms with Crippen LogP contribution in [0.25, 0.3) is 17.1 Å². The van der Waals surface area contributed by atoms with Crippen molar-refractivity contribution in [1.82, 2.24) is 9.55 Å². The highest BCUT2D eigenvalue weighted by molar-refractivity contribution is 6.15. The molecule has 0 radical (unpaired) electrons. The largest absolute Gasteiger partial charge is 0.482 e. The van der Waals surface area contributed by atoms with Gasteiger partial charge in [0.1, 0.15) is 47.3 Å². The second kappa shape index (κ2) is 16.0. The number of aliphatic imine (C=N–C) groups is 1. The lowest BCUT2D eigenvalue weighted by atomic mass is 9.44. The average molecular weight is 920 g/mol. The maximum atomic E-state index is 15.9. The molecule has 1 aromatic heterocycles. The Morgan fingerprint density at radius 3 is 2.43 bits per heavy atom. The Morgan fingerprint density at radius 1 is 0.970 bits per heavy atom. The van der Waals surface area contributed by atoms with E-state index in [1.807, 2.05) is 71.0 Å². The van der Waals surface area contributed by atoms with E-state index in [0.29, 0.717) is 70.2 Å². The molecule has 4 N–H and O–H groups in total. The molecule has 5 fully saturated rings. The smallest absolute Gasteiger partial charge is 0.333 e. The molecule has 1 spiro atoms. The van der Waals surface area contributed by atoms with E-state index in [0.717, 1.165) is 17.5 Å². The summed E-state index contributed by atoms with van der Waals surface area (Å²) in [7, 11) is 1.32. The molecule has 2 aromatic carbocycles. The number of fused-ring (bicyclic) bond motifs is 6. The molecule has 3 aromatic rings. The molecule has 15 nitrogen and oxygen atoms in total. The first kappa shape index (κ1) is 45.6. The number of aromatic nitrogens is 2. The summed E-state index contributed by atoms with van der Waals surface area (Å²) in [6.45, 7) is 15.2. The summed E-state index contributed by atoms with van der Waals surface area (Å²) in [5, 5.41) is 43.7. The van der Waals surface area contributed by atoms with Crippen molar-refractivity contribution in [3.63, 3.8) is 0 Å². The highest BCUT2D eigenvalue weighted by Crippen LogP contribution is 2.74. The molecule has 12 atom stereocenters. The summed E-state index contributed by atoms with van der Waals surface area (Å²) in [4.78, 5) is 39.4. The van der Waals surface area contributed by atoms with E-state index < -0.39 is 83.6 Å². The average Bonchev–Trinajstić information content (AvgIpc) is 3.73. The van der Waals surface area contributed by atoms with Crippen molar-refractivity contribution in [3.8, 4) is 17.2 Å². The fourth-order valence-corrected chi connectivity index (χ4v) is 12.3. The third-order valence-corrected chi connectivity index (χ3v) is 15.4. The molecule has 67 heavy (non-hydrogen) atoms. The number of esters is 1. The van der Waals surface area contributed by atoms with Gasteiger partial charge in [-0.25, -0.2) is 14.8 Å². The van der Waals surface area contributed by atoms with Gasteiger partial charge in [0.2, 0.25) is 12.2 Å². The first-order chi connectivity index (χ1) is 31.8. The number of allylic oxidation sites excluding steroid dienone is 4. The summed E-state index contributed by atoms with van der Waals surface area (Å²) < 4.78 is 42.5. The Morgan fingerprint density at radius 2 is 1.72 bits per heavy atom. The Bertz CT molecular complexity index is 2740. The molecule has 2 saturated heterocycles. The number of hydrogen-bond donors (Lipinski definition) is 4. The Hall–Kier alpha value is -5.16. The van der Waals surface area contributed by atoms with E-state index in [-0.39, 0.29) is 23.9 Å². The summed E-state index contributed by atoms with van der Waals surface area (Å²) in [6.07, 6.45) is 4.11. The molecule has 11 rings (SSSR count). The predicted molar refractivity (Wildman–Crippen MR) is 247 cm³/mol. The van der Waals surface area contributed by atoms with Gasteiger partial charge in [0.15, 0.2) is 17.0 Å². The minimum absolute atomic E-state index is 0.0106. The summed E-state index contributed by atoms with van der Waals surface area (Å²) in [5.74, 6) is -0.944. The predicted octanol–water partition coefficient (Wildman–Crippen LogP) is 6.33. The van der Waals surface area contributed by atoms with E-state index >= 15 is 4.79 Å². The molecule has 4 bridgehead atoms. The van der Waals surface area contributed by atoms with E-state index in [1.165, 1.54) is 12.7 Å². The van der Waals surface area contributed by atoms with Crippen molar-refractivity contribution < 1.29 is 58.4 Å². The number of carbonyl (C=O) groups is 2. The van der Waals surface area contributed by atoms with E-state index in [1.54, 1.807) is 13.0 Å². The molecule has 5 aliphatic heterocycles. The number of ether oxygens (including phenoxy) is 6. The number of para-hydroxylation sites is 2. The van der Waals surface area contributed by atoms with Gasteiger partial charge >= 0.3 is 5.97 Å². The van der Waals surface area contributed by atoms with Crippen molar-refractivity contribution in [3.05, 3.63) is 82.0 Å². The number of carbonyl (C=O) groups excluding carboxylic acids is 2. The normalized spacial score (nSPS) is 34.8. The SMILES string of the molecule is COC(=O)C(C)=CCC12OC(C)(C)C3CC(C1=O)C1C4C(=Nc5nc6ccccc6n51)c1c(O[C@H]5O[C@@H](CO)[C@H](O)[C@@H](O)[C@@H]5O)c5c(c(CC=C(C)C)c1OC432)OC(C)(CCC=C(C)C)C=C5. The highest BCUT2D eigenvalue weighted by Gasteiger charge is 2.86. The standard InChI is InChI=1S/C52H61N3O12/c1-25(2)13-12-20-50(8)21-19-29-42(65-50)28(17-16-26(3)4)44-35(43(29)64-47-41(59)40(58)39(57)33(24-56)63-47)37-36-38(55-32-15-11-10-14-31(32)53-48(55)54-37)30-23-34-49(6,7)67-51(45(30)60,52(34,36)66-44)22-18-27(5)46(61)62-9/h10-11,13-16,18-19,21,30,33-34,36,38-41,47,56-59H,12,17,20,22-24H2,1-9H3/t30?,33-,34?,36?,38?,39-,40+,41-,47+,50?,51?,52?/m0/s1. The van der Waals surface area contributed by atoms with Crippen LogP contribution in [0.2, 0.25) is 0 Å². The van der Waals surface area contributed by atoms with E-state index in [4.69, 9.17) is 38.4 Å². The van der Waals surface area contributed by atoms with Crippen LogP contribution >= 0.6 is 0 Å². The molecule has 0 amide bonds. The second-order valence-electron chi connectivity index (χ2n) is 20.6. The Balaban J connectivity index is 1.30. The summed E-state index contributed by atoms with van der Waals surface area (Å²) in [5.41, 5.74) is 1.43. The second-order valence-corrected chi connectivity index (χ2v) is 20.6. The van der Waals surface area contributed by atoms with Crippen LogP contribution in [-0.2, 0) is 30.2 Å². The number of aliphatic hydroxyl groups excluding tert-OH is 4. The number of Topliss-reactive ketones (excluding diaryl/α,β-unsaturated/α-hetero) is 1. The first-order valence-corrected chi connectivity index (χ1v) is 23.4.